The predicted octanol–water partition coefficient (Wildman–Crippen LogP) is 3.61. The van der Waals surface area contributed by atoms with Crippen LogP contribution in [0.4, 0.5) is 0 Å². The van der Waals surface area contributed by atoms with Crippen molar-refractivity contribution in [2.45, 2.75) is 16.2 Å². The van der Waals surface area contributed by atoms with E-state index in [0.29, 0.717) is 0 Å². The Morgan fingerprint density at radius 3 is 1.77 bits per heavy atom. The zero-order valence-electron chi connectivity index (χ0n) is 15.2. The molecule has 4 rings (SSSR count). The van der Waals surface area contributed by atoms with E-state index < -0.39 is 36.1 Å². The van der Waals surface area contributed by atoms with E-state index in [1.807, 2.05) is 0 Å². The van der Waals surface area contributed by atoms with E-state index in [4.69, 9.17) is 11.6 Å². The Kier molecular flexibility index (Phi) is 4.88. The van der Waals surface area contributed by atoms with Crippen molar-refractivity contribution < 1.29 is 26.4 Å². The average molecular weight is 461 g/mol. The third kappa shape index (κ3) is 3.08. The lowest BCUT2D eigenvalue weighted by molar-refractivity contribution is 0.103. The Morgan fingerprint density at radius 1 is 0.767 bits per heavy atom. The van der Waals surface area contributed by atoms with Crippen LogP contribution in [0.25, 0.3) is 0 Å². The molecule has 2 heterocycles. The van der Waals surface area contributed by atoms with Gasteiger partial charge in [-0.15, -0.1) is 0 Å². The summed E-state index contributed by atoms with van der Waals surface area (Å²) in [5, 5.41) is 0.0629. The van der Waals surface area contributed by atoms with Crippen LogP contribution < -0.4 is 0 Å². The molecule has 0 saturated heterocycles. The van der Waals surface area contributed by atoms with Gasteiger partial charge in [0.2, 0.25) is 31.2 Å². The number of Topliss-reactive ketones (excluding diaryl/α,β-unsaturated/α-hetero) is 2. The number of benzene rings is 2. The molecule has 0 aliphatic carbocycles. The summed E-state index contributed by atoms with van der Waals surface area (Å²) in [7, 11) is -7.87. The SMILES string of the molecule is O=C1C(=CC=C(Cl)CC=C2C(=O)c3ccccc3S2(=O)=O)S(=O)(=O)c2ccccc21. The lowest BCUT2D eigenvalue weighted by Gasteiger charge is -1.98. The van der Waals surface area contributed by atoms with Gasteiger partial charge in [-0.1, -0.05) is 41.9 Å². The molecule has 2 aliphatic rings. The fourth-order valence-electron chi connectivity index (χ4n) is 3.32. The van der Waals surface area contributed by atoms with Gasteiger partial charge in [0.25, 0.3) is 0 Å². The second-order valence-electron chi connectivity index (χ2n) is 6.57. The van der Waals surface area contributed by atoms with E-state index in [-0.39, 0.29) is 37.3 Å². The fraction of sp³-hybridized carbons (Fsp3) is 0.0476. The van der Waals surface area contributed by atoms with Crippen molar-refractivity contribution in [1.29, 1.82) is 0 Å². The average Bonchev–Trinajstić information content (AvgIpc) is 3.04. The van der Waals surface area contributed by atoms with Crippen LogP contribution in [0.3, 0.4) is 0 Å². The third-order valence-corrected chi connectivity index (χ3v) is 8.75. The van der Waals surface area contributed by atoms with Crippen LogP contribution >= 0.6 is 11.6 Å². The summed E-state index contributed by atoms with van der Waals surface area (Å²) in [4.78, 5) is 23.9. The number of hydrogen-bond acceptors (Lipinski definition) is 6. The molecule has 152 valence electrons. The van der Waals surface area contributed by atoms with Crippen molar-refractivity contribution in [2.24, 2.45) is 0 Å². The highest BCUT2D eigenvalue weighted by Gasteiger charge is 2.39. The molecule has 0 spiro atoms. The number of halogens is 1. The first-order valence-corrected chi connectivity index (χ1v) is 12.0. The van der Waals surface area contributed by atoms with E-state index >= 15 is 0 Å². The number of carbonyl (C=O) groups is 2. The number of allylic oxidation sites excluding steroid dienone is 6. The second-order valence-corrected chi connectivity index (χ2v) is 10.8. The van der Waals surface area contributed by atoms with Crippen LogP contribution in [-0.2, 0) is 19.7 Å². The molecule has 2 aromatic rings. The summed E-state index contributed by atoms with van der Waals surface area (Å²) in [6.07, 6.45) is 3.38. The Morgan fingerprint density at radius 2 is 1.23 bits per heavy atom. The van der Waals surface area contributed by atoms with Gasteiger partial charge < -0.3 is 0 Å². The maximum Gasteiger partial charge on any atom is 0.211 e. The van der Waals surface area contributed by atoms with Gasteiger partial charge in [-0.05, 0) is 36.4 Å². The number of hydrogen-bond donors (Lipinski definition) is 0. The number of carbonyl (C=O) groups excluding carboxylic acids is 2. The van der Waals surface area contributed by atoms with Crippen molar-refractivity contribution in [3.8, 4) is 0 Å². The van der Waals surface area contributed by atoms with Crippen molar-refractivity contribution in [3.63, 3.8) is 0 Å². The fourth-order valence-corrected chi connectivity index (χ4v) is 6.60. The first kappa shape index (κ1) is 20.5. The van der Waals surface area contributed by atoms with E-state index in [9.17, 15) is 26.4 Å². The molecule has 0 saturated carbocycles. The molecule has 9 heteroatoms. The predicted molar refractivity (Wildman–Crippen MR) is 111 cm³/mol. The summed E-state index contributed by atoms with van der Waals surface area (Å²) in [5.41, 5.74) is 0.196. The molecule has 6 nitrogen and oxygen atoms in total. The summed E-state index contributed by atoms with van der Waals surface area (Å²) in [6.45, 7) is 0. The summed E-state index contributed by atoms with van der Waals surface area (Å²) in [6, 6.07) is 11.8. The molecule has 30 heavy (non-hydrogen) atoms. The minimum Gasteiger partial charge on any atom is -0.288 e. The lowest BCUT2D eigenvalue weighted by atomic mass is 10.1. The van der Waals surface area contributed by atoms with Gasteiger partial charge in [0, 0.05) is 22.6 Å². The maximum atomic E-state index is 12.5. The number of rotatable bonds is 3. The van der Waals surface area contributed by atoms with Gasteiger partial charge in [0.15, 0.2) is 0 Å². The molecule has 0 radical (unpaired) electrons. The normalized spacial score (nSPS) is 21.8. The van der Waals surface area contributed by atoms with Gasteiger partial charge in [-0.2, -0.15) is 0 Å². The van der Waals surface area contributed by atoms with Crippen molar-refractivity contribution in [2.75, 3.05) is 0 Å². The van der Waals surface area contributed by atoms with Crippen LogP contribution in [0.15, 0.2) is 91.4 Å². The quantitative estimate of drug-likeness (QED) is 0.648. The molecular formula is C21H13ClO6S2. The minimum atomic E-state index is -3.94. The van der Waals surface area contributed by atoms with Gasteiger partial charge in [-0.3, -0.25) is 9.59 Å². The summed E-state index contributed by atoms with van der Waals surface area (Å²) in [5.74, 6) is -1.24. The molecule has 2 aliphatic heterocycles. The van der Waals surface area contributed by atoms with Crippen molar-refractivity contribution in [3.05, 3.63) is 92.7 Å². The van der Waals surface area contributed by atoms with Crippen LogP contribution in [0.5, 0.6) is 0 Å². The van der Waals surface area contributed by atoms with Crippen LogP contribution in [0.2, 0.25) is 0 Å². The maximum absolute atomic E-state index is 12.5. The lowest BCUT2D eigenvalue weighted by Crippen LogP contribution is -2.02. The Balaban J connectivity index is 1.63. The zero-order valence-corrected chi connectivity index (χ0v) is 17.6. The zero-order chi connectivity index (χ0) is 21.7. The smallest absolute Gasteiger partial charge is 0.211 e. The molecule has 0 bridgehead atoms. The molecule has 0 aromatic heterocycles. The molecule has 2 aromatic carbocycles. The number of ketones is 2. The standard InChI is InChI=1S/C21H13ClO6S2/c22-13(9-11-18-20(23)14-5-1-3-7-16(14)29(18,25)26)10-12-19-21(24)15-6-2-4-8-17(15)30(19,27)28/h1-9,11-12H,10H2. The molecule has 0 N–H and O–H groups in total. The first-order valence-electron chi connectivity index (χ1n) is 8.70. The Bertz CT molecular complexity index is 1430. The van der Waals surface area contributed by atoms with E-state index in [1.54, 1.807) is 12.1 Å². The third-order valence-electron chi connectivity index (χ3n) is 4.77. The topological polar surface area (TPSA) is 102 Å². The first-order chi connectivity index (χ1) is 14.2. The Hall–Kier alpha value is -2.81. The van der Waals surface area contributed by atoms with E-state index in [1.165, 1.54) is 48.6 Å². The number of fused-ring (bicyclic) bond motifs is 2. The highest BCUT2D eigenvalue weighted by atomic mass is 35.5. The van der Waals surface area contributed by atoms with Crippen LogP contribution in [0, 0.1) is 0 Å². The monoisotopic (exact) mass is 460 g/mol. The van der Waals surface area contributed by atoms with Gasteiger partial charge in [0.1, 0.15) is 9.81 Å². The molecule has 0 atom stereocenters. The summed E-state index contributed by atoms with van der Waals surface area (Å²) < 4.78 is 50.1. The van der Waals surface area contributed by atoms with E-state index in [0.717, 1.165) is 6.08 Å². The largest absolute Gasteiger partial charge is 0.288 e. The van der Waals surface area contributed by atoms with Gasteiger partial charge in [-0.25, -0.2) is 16.8 Å². The molecule has 0 amide bonds. The van der Waals surface area contributed by atoms with E-state index in [2.05, 4.69) is 0 Å². The molecular weight excluding hydrogens is 448 g/mol. The van der Waals surface area contributed by atoms with Crippen molar-refractivity contribution >= 4 is 42.8 Å². The Labute approximate surface area is 178 Å². The highest BCUT2D eigenvalue weighted by molar-refractivity contribution is 7.97. The highest BCUT2D eigenvalue weighted by Crippen LogP contribution is 2.35. The van der Waals surface area contributed by atoms with Crippen LogP contribution in [-0.4, -0.2) is 28.4 Å². The van der Waals surface area contributed by atoms with Gasteiger partial charge in [0.05, 0.1) is 9.79 Å². The number of sulfone groups is 2. The molecule has 0 fully saturated rings. The summed E-state index contributed by atoms with van der Waals surface area (Å²) >= 11 is 6.10. The van der Waals surface area contributed by atoms with Gasteiger partial charge >= 0.3 is 0 Å². The van der Waals surface area contributed by atoms with Crippen molar-refractivity contribution in [1.82, 2.24) is 0 Å². The van der Waals surface area contributed by atoms with Crippen LogP contribution in [0.1, 0.15) is 27.1 Å². The second kappa shape index (κ2) is 7.16. The molecule has 0 unspecified atom stereocenters. The minimum absolute atomic E-state index is 0.0520.